The van der Waals surface area contributed by atoms with Gasteiger partial charge in [-0.05, 0) is 32.6 Å². The van der Waals surface area contributed by atoms with Gasteiger partial charge in [0, 0.05) is 6.42 Å². The Morgan fingerprint density at radius 2 is 2.23 bits per heavy atom. The molecule has 0 aromatic rings. The molecule has 0 bridgehead atoms. The highest BCUT2D eigenvalue weighted by atomic mass is 16.5. The zero-order valence-corrected chi connectivity index (χ0v) is 8.29. The number of ether oxygens (including phenoxy) is 1. The summed E-state index contributed by atoms with van der Waals surface area (Å²) >= 11 is 0. The van der Waals surface area contributed by atoms with E-state index in [1.165, 1.54) is 0 Å². The van der Waals surface area contributed by atoms with Crippen LogP contribution in [0.5, 0.6) is 0 Å². The van der Waals surface area contributed by atoms with Gasteiger partial charge in [0.15, 0.2) is 0 Å². The van der Waals surface area contributed by atoms with Gasteiger partial charge < -0.3 is 9.84 Å². The summed E-state index contributed by atoms with van der Waals surface area (Å²) < 4.78 is 5.51. The first kappa shape index (κ1) is 10.5. The second-order valence-corrected chi connectivity index (χ2v) is 4.28. The summed E-state index contributed by atoms with van der Waals surface area (Å²) in [6.07, 6.45) is 2.35. The Balaban J connectivity index is 2.36. The number of aliphatic hydroxyl groups is 1. The van der Waals surface area contributed by atoms with Gasteiger partial charge in [0.1, 0.15) is 0 Å². The van der Waals surface area contributed by atoms with Crippen LogP contribution in [0.3, 0.4) is 0 Å². The van der Waals surface area contributed by atoms with Crippen LogP contribution in [0.25, 0.3) is 0 Å². The summed E-state index contributed by atoms with van der Waals surface area (Å²) in [5, 5.41) is 18.2. The van der Waals surface area contributed by atoms with Crippen LogP contribution >= 0.6 is 0 Å². The first-order valence-electron chi connectivity index (χ1n) is 4.75. The molecule has 74 valence electrons. The molecule has 3 nitrogen and oxygen atoms in total. The molecule has 0 saturated carbocycles. The lowest BCUT2D eigenvalue weighted by molar-refractivity contribution is -0.121. The molecule has 0 radical (unpaired) electrons. The van der Waals surface area contributed by atoms with Gasteiger partial charge in [0.2, 0.25) is 0 Å². The third-order valence-electron chi connectivity index (χ3n) is 2.54. The molecule has 0 spiro atoms. The summed E-state index contributed by atoms with van der Waals surface area (Å²) in [4.78, 5) is 0. The van der Waals surface area contributed by atoms with E-state index in [9.17, 15) is 5.11 Å². The van der Waals surface area contributed by atoms with Crippen LogP contribution in [-0.2, 0) is 4.74 Å². The van der Waals surface area contributed by atoms with Crippen LogP contribution in [0.2, 0.25) is 0 Å². The molecule has 1 heterocycles. The monoisotopic (exact) mass is 183 g/mol. The van der Waals surface area contributed by atoms with Crippen LogP contribution in [0.1, 0.15) is 33.1 Å². The van der Waals surface area contributed by atoms with Crippen LogP contribution in [-0.4, -0.2) is 23.4 Å². The molecular weight excluding hydrogens is 166 g/mol. The molecule has 2 atom stereocenters. The predicted molar refractivity (Wildman–Crippen MR) is 49.0 cm³/mol. The Bertz CT molecular complexity index is 194. The first-order valence-corrected chi connectivity index (χ1v) is 4.75. The Labute approximate surface area is 79.3 Å². The fraction of sp³-hybridized carbons (Fsp3) is 0.900. The van der Waals surface area contributed by atoms with Gasteiger partial charge in [-0.3, -0.25) is 0 Å². The van der Waals surface area contributed by atoms with Crippen molar-refractivity contribution in [1.29, 1.82) is 5.26 Å². The van der Waals surface area contributed by atoms with Gasteiger partial charge in [-0.2, -0.15) is 5.26 Å². The summed E-state index contributed by atoms with van der Waals surface area (Å²) in [7, 11) is 0. The maximum Gasteiger partial charge on any atom is 0.0856 e. The second-order valence-electron chi connectivity index (χ2n) is 4.28. The minimum atomic E-state index is -0.752. The lowest BCUT2D eigenvalue weighted by Crippen LogP contribution is -2.42. The van der Waals surface area contributed by atoms with Gasteiger partial charge in [0.25, 0.3) is 0 Å². The predicted octanol–water partition coefficient (Wildman–Crippen LogP) is 1.47. The van der Waals surface area contributed by atoms with Gasteiger partial charge in [-0.1, -0.05) is 0 Å². The van der Waals surface area contributed by atoms with Crippen LogP contribution < -0.4 is 0 Å². The lowest BCUT2D eigenvalue weighted by Gasteiger charge is -2.35. The van der Waals surface area contributed by atoms with Crippen molar-refractivity contribution in [2.24, 2.45) is 5.92 Å². The van der Waals surface area contributed by atoms with E-state index in [4.69, 9.17) is 10.00 Å². The number of rotatable bonds is 2. The van der Waals surface area contributed by atoms with E-state index in [-0.39, 0.29) is 6.10 Å². The standard InChI is InChI=1S/C10H17NO2/c1-10(2,12)9-4-3-8(5-6-11)7-13-9/h8-9,12H,3-5,7H2,1-2H3/t8?,9-/m0/s1. The maximum atomic E-state index is 9.67. The molecule has 0 aliphatic carbocycles. The molecule has 1 rings (SSSR count). The van der Waals surface area contributed by atoms with Crippen LogP contribution in [0.15, 0.2) is 0 Å². The van der Waals surface area contributed by atoms with Crippen molar-refractivity contribution in [3.63, 3.8) is 0 Å². The molecule has 0 aromatic heterocycles. The van der Waals surface area contributed by atoms with Crippen LogP contribution in [0, 0.1) is 17.2 Å². The van der Waals surface area contributed by atoms with E-state index in [2.05, 4.69) is 6.07 Å². The maximum absolute atomic E-state index is 9.67. The van der Waals surface area contributed by atoms with Crippen molar-refractivity contribution in [1.82, 2.24) is 0 Å². The quantitative estimate of drug-likeness (QED) is 0.705. The highest BCUT2D eigenvalue weighted by Crippen LogP contribution is 2.27. The summed E-state index contributed by atoms with van der Waals surface area (Å²) in [6.45, 7) is 4.15. The molecule has 3 heteroatoms. The lowest BCUT2D eigenvalue weighted by atomic mass is 9.89. The molecule has 1 unspecified atom stereocenters. The molecule has 1 aliphatic rings. The largest absolute Gasteiger partial charge is 0.388 e. The highest BCUT2D eigenvalue weighted by molar-refractivity contribution is 4.85. The number of hydrogen-bond acceptors (Lipinski definition) is 3. The molecule has 1 aliphatic heterocycles. The normalized spacial score (nSPS) is 29.7. The smallest absolute Gasteiger partial charge is 0.0856 e. The molecular formula is C10H17NO2. The number of hydrogen-bond donors (Lipinski definition) is 1. The second kappa shape index (κ2) is 4.08. The van der Waals surface area contributed by atoms with E-state index in [0.29, 0.717) is 18.9 Å². The van der Waals surface area contributed by atoms with Crippen molar-refractivity contribution < 1.29 is 9.84 Å². The minimum absolute atomic E-state index is 0.0672. The average Bonchev–Trinajstić information content (AvgIpc) is 2.04. The third-order valence-corrected chi connectivity index (χ3v) is 2.54. The Morgan fingerprint density at radius 1 is 1.54 bits per heavy atom. The Kier molecular flexibility index (Phi) is 3.29. The van der Waals surface area contributed by atoms with Crippen molar-refractivity contribution in [3.8, 4) is 6.07 Å². The van der Waals surface area contributed by atoms with Gasteiger partial charge >= 0.3 is 0 Å². The Hall–Kier alpha value is -0.590. The average molecular weight is 183 g/mol. The van der Waals surface area contributed by atoms with Gasteiger partial charge in [0.05, 0.1) is 24.4 Å². The van der Waals surface area contributed by atoms with Crippen LogP contribution in [0.4, 0.5) is 0 Å². The van der Waals surface area contributed by atoms with Crippen molar-refractivity contribution in [2.45, 2.75) is 44.8 Å². The zero-order chi connectivity index (χ0) is 9.90. The van der Waals surface area contributed by atoms with Gasteiger partial charge in [-0.25, -0.2) is 0 Å². The van der Waals surface area contributed by atoms with Crippen molar-refractivity contribution in [3.05, 3.63) is 0 Å². The molecule has 1 saturated heterocycles. The molecule has 1 fully saturated rings. The van der Waals surface area contributed by atoms with E-state index in [1.807, 2.05) is 0 Å². The number of nitrogens with zero attached hydrogens (tertiary/aromatic N) is 1. The minimum Gasteiger partial charge on any atom is -0.388 e. The molecule has 0 amide bonds. The molecule has 13 heavy (non-hydrogen) atoms. The fourth-order valence-corrected chi connectivity index (χ4v) is 1.65. The fourth-order valence-electron chi connectivity index (χ4n) is 1.65. The van der Waals surface area contributed by atoms with E-state index in [1.54, 1.807) is 13.8 Å². The topological polar surface area (TPSA) is 53.2 Å². The Morgan fingerprint density at radius 3 is 2.62 bits per heavy atom. The summed E-state index contributed by atoms with van der Waals surface area (Å²) in [6, 6.07) is 2.15. The van der Waals surface area contributed by atoms with E-state index < -0.39 is 5.60 Å². The van der Waals surface area contributed by atoms with Crippen molar-refractivity contribution >= 4 is 0 Å². The van der Waals surface area contributed by atoms with E-state index >= 15 is 0 Å². The molecule has 1 N–H and O–H groups in total. The SMILES string of the molecule is CC(C)(O)[C@@H]1CCC(CC#N)CO1. The number of nitriles is 1. The van der Waals surface area contributed by atoms with Gasteiger partial charge in [-0.15, -0.1) is 0 Å². The summed E-state index contributed by atoms with van der Waals surface area (Å²) in [5.41, 5.74) is -0.752. The third kappa shape index (κ3) is 2.98. The first-order chi connectivity index (χ1) is 6.04. The molecule has 0 aromatic carbocycles. The highest BCUT2D eigenvalue weighted by Gasteiger charge is 2.32. The summed E-state index contributed by atoms with van der Waals surface area (Å²) in [5.74, 6) is 0.364. The van der Waals surface area contributed by atoms with Crippen molar-refractivity contribution in [2.75, 3.05) is 6.61 Å². The van der Waals surface area contributed by atoms with E-state index in [0.717, 1.165) is 12.8 Å². The zero-order valence-electron chi connectivity index (χ0n) is 8.29.